The third-order valence-electron chi connectivity index (χ3n) is 2.91. The maximum absolute atomic E-state index is 11.6. The molecule has 0 saturated heterocycles. The molecule has 1 aromatic heterocycles. The van der Waals surface area contributed by atoms with Crippen LogP contribution in [-0.4, -0.2) is 23.7 Å². The minimum Gasteiger partial charge on any atom is -0.478 e. The average Bonchev–Trinajstić information content (AvgIpc) is 2.99. The zero-order chi connectivity index (χ0) is 15.1. The Balaban J connectivity index is 1.73. The number of urea groups is 1. The third kappa shape index (κ3) is 4.92. The van der Waals surface area contributed by atoms with Crippen LogP contribution in [0.25, 0.3) is 0 Å². The van der Waals surface area contributed by atoms with Crippen LogP contribution in [0.2, 0.25) is 0 Å². The molecule has 2 rings (SSSR count). The van der Waals surface area contributed by atoms with Crippen molar-refractivity contribution in [3.05, 3.63) is 57.8 Å². The molecule has 0 bridgehead atoms. The van der Waals surface area contributed by atoms with Gasteiger partial charge in [0.05, 0.1) is 5.56 Å². The van der Waals surface area contributed by atoms with Gasteiger partial charge in [0.15, 0.2) is 0 Å². The van der Waals surface area contributed by atoms with E-state index < -0.39 is 5.97 Å². The molecule has 2 amide bonds. The van der Waals surface area contributed by atoms with E-state index in [1.54, 1.807) is 29.5 Å². The van der Waals surface area contributed by atoms with Crippen molar-refractivity contribution in [1.29, 1.82) is 0 Å². The van der Waals surface area contributed by atoms with E-state index in [1.165, 1.54) is 11.6 Å². The number of carboxylic acid groups (broad SMARTS) is 1. The standard InChI is InChI=1S/C15H16N2O3S/c18-14(19)13-3-1-2-12(8-13)9-17-15(20)16-6-4-11-5-7-21-10-11/h1-3,5,7-8,10H,4,6,9H2,(H,18,19)(H2,16,17,20). The summed E-state index contributed by atoms with van der Waals surface area (Å²) in [6.45, 7) is 0.864. The van der Waals surface area contributed by atoms with E-state index in [0.29, 0.717) is 13.1 Å². The van der Waals surface area contributed by atoms with Gasteiger partial charge in [-0.05, 0) is 46.5 Å². The highest BCUT2D eigenvalue weighted by atomic mass is 32.1. The summed E-state index contributed by atoms with van der Waals surface area (Å²) in [6, 6.07) is 8.28. The van der Waals surface area contributed by atoms with Gasteiger partial charge in [-0.3, -0.25) is 0 Å². The second-order valence-corrected chi connectivity index (χ2v) is 5.28. The maximum atomic E-state index is 11.6. The topological polar surface area (TPSA) is 78.4 Å². The first-order valence-electron chi connectivity index (χ1n) is 6.50. The van der Waals surface area contributed by atoms with Gasteiger partial charge >= 0.3 is 12.0 Å². The molecule has 0 aliphatic heterocycles. The molecule has 0 atom stereocenters. The summed E-state index contributed by atoms with van der Waals surface area (Å²) in [6.07, 6.45) is 0.797. The van der Waals surface area contributed by atoms with Gasteiger partial charge in [-0.25, -0.2) is 9.59 Å². The summed E-state index contributed by atoms with van der Waals surface area (Å²) in [5.41, 5.74) is 2.17. The Hall–Kier alpha value is -2.34. The Bertz CT molecular complexity index is 611. The normalized spacial score (nSPS) is 10.1. The summed E-state index contributed by atoms with van der Waals surface area (Å²) in [4.78, 5) is 22.5. The number of aromatic carboxylic acids is 1. The van der Waals surface area contributed by atoms with Crippen molar-refractivity contribution in [1.82, 2.24) is 10.6 Å². The lowest BCUT2D eigenvalue weighted by Gasteiger charge is -2.07. The molecule has 0 aliphatic rings. The van der Waals surface area contributed by atoms with Crippen molar-refractivity contribution < 1.29 is 14.7 Å². The number of carbonyl (C=O) groups excluding carboxylic acids is 1. The minimum absolute atomic E-state index is 0.215. The van der Waals surface area contributed by atoms with Crippen molar-refractivity contribution in [2.24, 2.45) is 0 Å². The Morgan fingerprint density at radius 1 is 1.14 bits per heavy atom. The molecular formula is C15H16N2O3S. The van der Waals surface area contributed by atoms with E-state index in [9.17, 15) is 9.59 Å². The van der Waals surface area contributed by atoms with Gasteiger partial charge in [0.1, 0.15) is 0 Å². The van der Waals surface area contributed by atoms with E-state index in [0.717, 1.165) is 12.0 Å². The van der Waals surface area contributed by atoms with Crippen LogP contribution in [0.3, 0.4) is 0 Å². The van der Waals surface area contributed by atoms with E-state index in [4.69, 9.17) is 5.11 Å². The first-order valence-corrected chi connectivity index (χ1v) is 7.44. The molecule has 0 unspecified atom stereocenters. The van der Waals surface area contributed by atoms with Gasteiger partial charge in [0.2, 0.25) is 0 Å². The highest BCUT2D eigenvalue weighted by Gasteiger charge is 2.04. The van der Waals surface area contributed by atoms with Crippen molar-refractivity contribution in [2.45, 2.75) is 13.0 Å². The van der Waals surface area contributed by atoms with E-state index in [-0.39, 0.29) is 11.6 Å². The minimum atomic E-state index is -0.975. The predicted octanol–water partition coefficient (Wildman–Crippen LogP) is 2.49. The molecule has 5 nitrogen and oxygen atoms in total. The van der Waals surface area contributed by atoms with Crippen molar-refractivity contribution >= 4 is 23.3 Å². The fourth-order valence-corrected chi connectivity index (χ4v) is 2.52. The number of hydrogen-bond acceptors (Lipinski definition) is 3. The summed E-state index contributed by atoms with van der Waals surface area (Å²) < 4.78 is 0. The van der Waals surface area contributed by atoms with Crippen LogP contribution >= 0.6 is 11.3 Å². The summed E-state index contributed by atoms with van der Waals surface area (Å²) in [5.74, 6) is -0.975. The third-order valence-corrected chi connectivity index (χ3v) is 3.64. The zero-order valence-electron chi connectivity index (χ0n) is 11.3. The smallest absolute Gasteiger partial charge is 0.335 e. The molecule has 0 aliphatic carbocycles. The monoisotopic (exact) mass is 304 g/mol. The lowest BCUT2D eigenvalue weighted by atomic mass is 10.1. The van der Waals surface area contributed by atoms with Gasteiger partial charge in [0.25, 0.3) is 0 Å². The predicted molar refractivity (Wildman–Crippen MR) is 81.7 cm³/mol. The Kier molecular flexibility index (Phi) is 5.34. The number of rotatable bonds is 6. The molecule has 1 heterocycles. The number of carboxylic acids is 1. The van der Waals surface area contributed by atoms with Crippen LogP contribution in [0, 0.1) is 0 Å². The summed E-state index contributed by atoms with van der Waals surface area (Å²) in [7, 11) is 0. The molecule has 1 aromatic carbocycles. The van der Waals surface area contributed by atoms with Crippen molar-refractivity contribution in [3.8, 4) is 0 Å². The molecule has 0 saturated carbocycles. The van der Waals surface area contributed by atoms with Crippen LogP contribution < -0.4 is 10.6 Å². The van der Waals surface area contributed by atoms with E-state index in [1.807, 2.05) is 11.4 Å². The number of amides is 2. The Morgan fingerprint density at radius 3 is 2.71 bits per heavy atom. The SMILES string of the molecule is O=C(NCCc1ccsc1)NCc1cccc(C(=O)O)c1. The molecule has 21 heavy (non-hydrogen) atoms. The van der Waals surface area contributed by atoms with Crippen LogP contribution in [0.15, 0.2) is 41.1 Å². The van der Waals surface area contributed by atoms with Gasteiger partial charge in [-0.2, -0.15) is 11.3 Å². The van der Waals surface area contributed by atoms with Crippen LogP contribution in [0.1, 0.15) is 21.5 Å². The Morgan fingerprint density at radius 2 is 2.00 bits per heavy atom. The highest BCUT2D eigenvalue weighted by molar-refractivity contribution is 7.07. The first kappa shape index (κ1) is 15.1. The second kappa shape index (κ2) is 7.44. The van der Waals surface area contributed by atoms with Crippen LogP contribution in [0.4, 0.5) is 4.79 Å². The van der Waals surface area contributed by atoms with Crippen molar-refractivity contribution in [2.75, 3.05) is 6.54 Å². The van der Waals surface area contributed by atoms with Gasteiger partial charge in [-0.1, -0.05) is 12.1 Å². The number of benzene rings is 1. The van der Waals surface area contributed by atoms with Gasteiger partial charge in [0, 0.05) is 13.1 Å². The molecule has 3 N–H and O–H groups in total. The highest BCUT2D eigenvalue weighted by Crippen LogP contribution is 2.06. The average molecular weight is 304 g/mol. The fraction of sp³-hybridized carbons (Fsp3) is 0.200. The van der Waals surface area contributed by atoms with Crippen LogP contribution in [-0.2, 0) is 13.0 Å². The quantitative estimate of drug-likeness (QED) is 0.767. The first-order chi connectivity index (χ1) is 10.1. The molecular weight excluding hydrogens is 288 g/mol. The van der Waals surface area contributed by atoms with Crippen molar-refractivity contribution in [3.63, 3.8) is 0 Å². The molecule has 110 valence electrons. The number of nitrogens with one attached hydrogen (secondary N) is 2. The summed E-state index contributed by atoms with van der Waals surface area (Å²) >= 11 is 1.63. The lowest BCUT2D eigenvalue weighted by molar-refractivity contribution is 0.0696. The van der Waals surface area contributed by atoms with Gasteiger partial charge < -0.3 is 15.7 Å². The molecule has 0 spiro atoms. The largest absolute Gasteiger partial charge is 0.478 e. The maximum Gasteiger partial charge on any atom is 0.335 e. The number of thiophene rings is 1. The molecule has 2 aromatic rings. The second-order valence-electron chi connectivity index (χ2n) is 4.50. The fourth-order valence-electron chi connectivity index (χ4n) is 1.81. The van der Waals surface area contributed by atoms with Gasteiger partial charge in [-0.15, -0.1) is 0 Å². The number of hydrogen-bond donors (Lipinski definition) is 3. The lowest BCUT2D eigenvalue weighted by Crippen LogP contribution is -2.36. The summed E-state index contributed by atoms with van der Waals surface area (Å²) in [5, 5.41) is 18.4. The molecule has 0 radical (unpaired) electrons. The molecule has 6 heteroatoms. The zero-order valence-corrected chi connectivity index (χ0v) is 12.2. The van der Waals surface area contributed by atoms with Crippen LogP contribution in [0.5, 0.6) is 0 Å². The Labute approximate surface area is 126 Å². The van der Waals surface area contributed by atoms with E-state index >= 15 is 0 Å². The number of carbonyl (C=O) groups is 2. The molecule has 0 fully saturated rings. The van der Waals surface area contributed by atoms with E-state index in [2.05, 4.69) is 16.0 Å².